The van der Waals surface area contributed by atoms with Gasteiger partial charge >= 0.3 is 0 Å². The fourth-order valence-corrected chi connectivity index (χ4v) is 3.76. The summed E-state index contributed by atoms with van der Waals surface area (Å²) in [6.07, 6.45) is 6.83. The van der Waals surface area contributed by atoms with Crippen molar-refractivity contribution in [3.63, 3.8) is 0 Å². The number of nitrogens with zero attached hydrogens (tertiary/aromatic N) is 2. The molecule has 2 bridgehead atoms. The Hall–Kier alpha value is -1.12. The zero-order chi connectivity index (χ0) is 12.5. The van der Waals surface area contributed by atoms with Crippen LogP contribution >= 0.6 is 0 Å². The number of hydrogen-bond acceptors (Lipinski definition) is 3. The van der Waals surface area contributed by atoms with Crippen LogP contribution < -0.4 is 5.32 Å². The van der Waals surface area contributed by atoms with Gasteiger partial charge in [-0.25, -0.2) is 9.97 Å². The molecule has 2 aliphatic rings. The molecule has 0 radical (unpaired) electrons. The summed E-state index contributed by atoms with van der Waals surface area (Å²) in [4.78, 5) is 8.90. The van der Waals surface area contributed by atoms with E-state index in [1.165, 1.54) is 25.7 Å². The van der Waals surface area contributed by atoms with Crippen LogP contribution in [0.3, 0.4) is 0 Å². The molecule has 1 aromatic rings. The predicted molar refractivity (Wildman–Crippen MR) is 73.6 cm³/mol. The van der Waals surface area contributed by atoms with Crippen molar-refractivity contribution >= 4 is 5.82 Å². The van der Waals surface area contributed by atoms with Gasteiger partial charge in [-0.2, -0.15) is 0 Å². The average molecular weight is 245 g/mol. The Labute approximate surface area is 109 Å². The van der Waals surface area contributed by atoms with Gasteiger partial charge in [0.15, 0.2) is 0 Å². The lowest BCUT2D eigenvalue weighted by Crippen LogP contribution is -2.20. The Balaban J connectivity index is 1.61. The van der Waals surface area contributed by atoms with Gasteiger partial charge in [-0.3, -0.25) is 0 Å². The highest BCUT2D eigenvalue weighted by molar-refractivity contribution is 5.36. The Kier molecular flexibility index (Phi) is 3.23. The van der Waals surface area contributed by atoms with Crippen LogP contribution in [-0.2, 0) is 6.42 Å². The average Bonchev–Trinajstić information content (AvgIpc) is 2.97. The molecule has 0 saturated heterocycles. The summed E-state index contributed by atoms with van der Waals surface area (Å²) in [5.74, 6) is 4.78. The molecule has 2 fully saturated rings. The van der Waals surface area contributed by atoms with Crippen molar-refractivity contribution in [2.24, 2.45) is 17.8 Å². The first kappa shape index (κ1) is 11.9. The minimum Gasteiger partial charge on any atom is -0.370 e. The minimum absolute atomic E-state index is 0.879. The van der Waals surface area contributed by atoms with Crippen LogP contribution in [0.2, 0.25) is 0 Å². The second-order valence-corrected chi connectivity index (χ2v) is 5.96. The van der Waals surface area contributed by atoms with E-state index in [1.54, 1.807) is 0 Å². The second-order valence-electron chi connectivity index (χ2n) is 5.96. The molecule has 3 unspecified atom stereocenters. The topological polar surface area (TPSA) is 37.8 Å². The van der Waals surface area contributed by atoms with Gasteiger partial charge in [-0.1, -0.05) is 13.3 Å². The number of aromatic nitrogens is 2. The minimum atomic E-state index is 0.879. The third-order valence-electron chi connectivity index (χ3n) is 4.68. The first-order chi connectivity index (χ1) is 8.74. The van der Waals surface area contributed by atoms with Gasteiger partial charge in [0.2, 0.25) is 0 Å². The van der Waals surface area contributed by atoms with E-state index >= 15 is 0 Å². The molecule has 0 amide bonds. The van der Waals surface area contributed by atoms with Gasteiger partial charge in [0, 0.05) is 18.3 Å². The molecule has 3 nitrogen and oxygen atoms in total. The van der Waals surface area contributed by atoms with Gasteiger partial charge < -0.3 is 5.32 Å². The van der Waals surface area contributed by atoms with Gasteiger partial charge in [0.25, 0.3) is 0 Å². The quantitative estimate of drug-likeness (QED) is 0.885. The highest BCUT2D eigenvalue weighted by Crippen LogP contribution is 2.48. The van der Waals surface area contributed by atoms with Crippen LogP contribution in [0.25, 0.3) is 0 Å². The zero-order valence-corrected chi connectivity index (χ0v) is 11.4. The van der Waals surface area contributed by atoms with Gasteiger partial charge in [-0.15, -0.1) is 0 Å². The molecule has 1 aromatic heterocycles. The normalized spacial score (nSPS) is 29.8. The fraction of sp³-hybridized carbons (Fsp3) is 0.733. The SMILES string of the molecule is CCc1cc(NCC2CC3CCC2C3)nc(C)n1. The second kappa shape index (κ2) is 4.87. The Morgan fingerprint density at radius 3 is 2.83 bits per heavy atom. The Bertz CT molecular complexity index is 430. The van der Waals surface area contributed by atoms with Crippen LogP contribution in [-0.4, -0.2) is 16.5 Å². The number of nitrogens with one attached hydrogen (secondary N) is 1. The maximum absolute atomic E-state index is 4.48. The van der Waals surface area contributed by atoms with Crippen molar-refractivity contribution in [3.05, 3.63) is 17.6 Å². The number of aryl methyl sites for hydroxylation is 2. The largest absolute Gasteiger partial charge is 0.370 e. The highest BCUT2D eigenvalue weighted by Gasteiger charge is 2.39. The first-order valence-electron chi connectivity index (χ1n) is 7.33. The summed E-state index contributed by atoms with van der Waals surface area (Å²) in [5, 5.41) is 3.54. The molecule has 1 heterocycles. The molecule has 1 N–H and O–H groups in total. The third kappa shape index (κ3) is 2.36. The van der Waals surface area contributed by atoms with Crippen molar-refractivity contribution < 1.29 is 0 Å². The lowest BCUT2D eigenvalue weighted by molar-refractivity contribution is 0.348. The van der Waals surface area contributed by atoms with Crippen molar-refractivity contribution in [2.75, 3.05) is 11.9 Å². The molecule has 3 rings (SSSR count). The van der Waals surface area contributed by atoms with Crippen molar-refractivity contribution in [2.45, 2.75) is 46.0 Å². The van der Waals surface area contributed by atoms with E-state index in [0.717, 1.165) is 48.1 Å². The maximum atomic E-state index is 4.48. The molecule has 98 valence electrons. The molecular formula is C15H23N3. The molecule has 0 spiro atoms. The van der Waals surface area contributed by atoms with Gasteiger partial charge in [0.1, 0.15) is 11.6 Å². The third-order valence-corrected chi connectivity index (χ3v) is 4.68. The fourth-order valence-electron chi connectivity index (χ4n) is 3.76. The van der Waals surface area contributed by atoms with E-state index < -0.39 is 0 Å². The van der Waals surface area contributed by atoms with Crippen molar-refractivity contribution in [1.82, 2.24) is 9.97 Å². The van der Waals surface area contributed by atoms with E-state index in [2.05, 4.69) is 28.3 Å². The van der Waals surface area contributed by atoms with E-state index in [1.807, 2.05) is 6.92 Å². The molecule has 0 aliphatic heterocycles. The number of anilines is 1. The van der Waals surface area contributed by atoms with Crippen LogP contribution in [0, 0.1) is 24.7 Å². The zero-order valence-electron chi connectivity index (χ0n) is 11.4. The molecule has 3 heteroatoms. The lowest BCUT2D eigenvalue weighted by Gasteiger charge is -2.22. The number of hydrogen-bond donors (Lipinski definition) is 1. The summed E-state index contributed by atoms with van der Waals surface area (Å²) in [7, 11) is 0. The summed E-state index contributed by atoms with van der Waals surface area (Å²) >= 11 is 0. The van der Waals surface area contributed by atoms with Crippen LogP contribution in [0.1, 0.15) is 44.1 Å². The highest BCUT2D eigenvalue weighted by atomic mass is 15.0. The summed E-state index contributed by atoms with van der Waals surface area (Å²) < 4.78 is 0. The lowest BCUT2D eigenvalue weighted by atomic mass is 9.89. The smallest absolute Gasteiger partial charge is 0.129 e. The van der Waals surface area contributed by atoms with Crippen LogP contribution in [0.15, 0.2) is 6.07 Å². The van der Waals surface area contributed by atoms with Crippen molar-refractivity contribution in [3.8, 4) is 0 Å². The molecule has 2 saturated carbocycles. The Morgan fingerprint density at radius 2 is 2.17 bits per heavy atom. The standard InChI is InChI=1S/C15H23N3/c1-3-14-8-15(18-10(2)17-14)16-9-13-7-11-4-5-12(13)6-11/h8,11-13H,3-7,9H2,1-2H3,(H,16,17,18). The first-order valence-corrected chi connectivity index (χ1v) is 7.33. The summed E-state index contributed by atoms with van der Waals surface area (Å²) in [5.41, 5.74) is 1.14. The van der Waals surface area contributed by atoms with Crippen LogP contribution in [0.4, 0.5) is 5.82 Å². The van der Waals surface area contributed by atoms with Gasteiger partial charge in [0.05, 0.1) is 0 Å². The molecular weight excluding hydrogens is 222 g/mol. The van der Waals surface area contributed by atoms with E-state index in [4.69, 9.17) is 0 Å². The predicted octanol–water partition coefficient (Wildman–Crippen LogP) is 3.20. The van der Waals surface area contributed by atoms with E-state index in [9.17, 15) is 0 Å². The number of rotatable bonds is 4. The van der Waals surface area contributed by atoms with Gasteiger partial charge in [-0.05, 0) is 50.4 Å². The molecule has 0 aromatic carbocycles. The van der Waals surface area contributed by atoms with Crippen molar-refractivity contribution in [1.29, 1.82) is 0 Å². The van der Waals surface area contributed by atoms with Crippen LogP contribution in [0.5, 0.6) is 0 Å². The Morgan fingerprint density at radius 1 is 1.28 bits per heavy atom. The molecule has 18 heavy (non-hydrogen) atoms. The number of fused-ring (bicyclic) bond motifs is 2. The summed E-state index contributed by atoms with van der Waals surface area (Å²) in [6, 6.07) is 2.10. The molecule has 2 aliphatic carbocycles. The maximum Gasteiger partial charge on any atom is 0.129 e. The van der Waals surface area contributed by atoms with E-state index in [-0.39, 0.29) is 0 Å². The monoisotopic (exact) mass is 245 g/mol. The molecule has 3 atom stereocenters. The summed E-state index contributed by atoms with van der Waals surface area (Å²) in [6.45, 7) is 5.21. The van der Waals surface area contributed by atoms with E-state index in [0.29, 0.717) is 0 Å².